The van der Waals surface area contributed by atoms with Crippen LogP contribution in [0.2, 0.25) is 0 Å². The first-order valence-electron chi connectivity index (χ1n) is 5.81. The number of carbonyl (C=O) groups excluding carboxylic acids is 1. The Labute approximate surface area is 129 Å². The van der Waals surface area contributed by atoms with Crippen molar-refractivity contribution in [2.75, 3.05) is 25.2 Å². The highest BCUT2D eigenvalue weighted by atomic mass is 32.2. The van der Waals surface area contributed by atoms with Crippen LogP contribution in [0.4, 0.5) is 14.5 Å². The average molecular weight is 334 g/mol. The predicted molar refractivity (Wildman–Crippen MR) is 80.0 cm³/mol. The van der Waals surface area contributed by atoms with E-state index in [2.05, 4.69) is 14.8 Å². The summed E-state index contributed by atoms with van der Waals surface area (Å²) in [4.78, 5) is 13.5. The summed E-state index contributed by atoms with van der Waals surface area (Å²) in [5, 5.41) is 2.57. The number of fused-ring (bicyclic) bond motifs is 1. The largest absolute Gasteiger partial charge is 0.586 e. The van der Waals surface area contributed by atoms with Crippen molar-refractivity contribution in [2.45, 2.75) is 6.29 Å². The van der Waals surface area contributed by atoms with Gasteiger partial charge in [-0.25, -0.2) is 0 Å². The number of alkyl halides is 2. The van der Waals surface area contributed by atoms with Crippen molar-refractivity contribution in [1.29, 1.82) is 0 Å². The molecule has 1 N–H and O–H groups in total. The van der Waals surface area contributed by atoms with Gasteiger partial charge in [-0.05, 0) is 12.1 Å². The van der Waals surface area contributed by atoms with Crippen molar-refractivity contribution in [1.82, 2.24) is 4.90 Å². The van der Waals surface area contributed by atoms with E-state index >= 15 is 0 Å². The molecule has 9 heteroatoms. The number of anilines is 1. The van der Waals surface area contributed by atoms with Gasteiger partial charge in [0.2, 0.25) is 5.91 Å². The molecule has 0 aromatic heterocycles. The molecule has 0 spiro atoms. The van der Waals surface area contributed by atoms with Gasteiger partial charge in [0.25, 0.3) is 0 Å². The number of thiocarbonyl (C=S) groups is 1. The van der Waals surface area contributed by atoms with Crippen molar-refractivity contribution >= 4 is 39.9 Å². The maximum atomic E-state index is 12.9. The number of ether oxygens (including phenoxy) is 2. The zero-order valence-corrected chi connectivity index (χ0v) is 12.8. The quantitative estimate of drug-likeness (QED) is 0.858. The molecule has 2 rings (SSSR count). The van der Waals surface area contributed by atoms with E-state index in [1.807, 2.05) is 0 Å². The molecule has 1 aromatic rings. The first-order valence-corrected chi connectivity index (χ1v) is 7.20. The molecule has 1 aromatic carbocycles. The van der Waals surface area contributed by atoms with Gasteiger partial charge in [0.05, 0.1) is 5.75 Å². The van der Waals surface area contributed by atoms with Gasteiger partial charge in [0.1, 0.15) is 4.32 Å². The van der Waals surface area contributed by atoms with E-state index in [0.29, 0.717) is 10.0 Å². The van der Waals surface area contributed by atoms with Crippen LogP contribution in [0.25, 0.3) is 0 Å². The summed E-state index contributed by atoms with van der Waals surface area (Å²) in [5.74, 6) is -0.355. The van der Waals surface area contributed by atoms with Crippen LogP contribution >= 0.6 is 24.0 Å². The number of halogens is 2. The van der Waals surface area contributed by atoms with Crippen LogP contribution in [-0.4, -0.2) is 41.3 Å². The lowest BCUT2D eigenvalue weighted by Gasteiger charge is -2.12. The second-order valence-electron chi connectivity index (χ2n) is 4.33. The zero-order chi connectivity index (χ0) is 15.6. The number of nitrogens with one attached hydrogen (secondary N) is 1. The van der Waals surface area contributed by atoms with E-state index in [4.69, 9.17) is 12.2 Å². The third-order valence-electron chi connectivity index (χ3n) is 2.38. The van der Waals surface area contributed by atoms with Crippen LogP contribution in [0.1, 0.15) is 0 Å². The zero-order valence-electron chi connectivity index (χ0n) is 11.2. The van der Waals surface area contributed by atoms with Crippen LogP contribution < -0.4 is 14.8 Å². The van der Waals surface area contributed by atoms with Crippen molar-refractivity contribution in [3.63, 3.8) is 0 Å². The van der Waals surface area contributed by atoms with Gasteiger partial charge in [-0.2, -0.15) is 0 Å². The molecule has 1 heterocycles. The van der Waals surface area contributed by atoms with E-state index < -0.39 is 6.29 Å². The Hall–Kier alpha value is -1.61. The summed E-state index contributed by atoms with van der Waals surface area (Å²) in [7, 11) is 3.57. The second kappa shape index (κ2) is 6.02. The van der Waals surface area contributed by atoms with Gasteiger partial charge in [0, 0.05) is 25.8 Å². The molecule has 0 saturated carbocycles. The number of hydrogen-bond acceptors (Lipinski definition) is 5. The lowest BCUT2D eigenvalue weighted by atomic mass is 10.3. The maximum absolute atomic E-state index is 12.9. The molecule has 0 radical (unpaired) electrons. The molecule has 1 aliphatic heterocycles. The van der Waals surface area contributed by atoms with E-state index in [1.165, 1.54) is 30.0 Å². The molecule has 0 fully saturated rings. The third kappa shape index (κ3) is 4.18. The number of nitrogens with zero attached hydrogens (tertiary/aromatic N) is 1. The minimum absolute atomic E-state index is 0.0684. The summed E-state index contributed by atoms with van der Waals surface area (Å²) >= 11 is 6.25. The Kier molecular flexibility index (Phi) is 4.52. The van der Waals surface area contributed by atoms with Gasteiger partial charge >= 0.3 is 6.29 Å². The molecule has 1 amide bonds. The fraction of sp³-hybridized carbons (Fsp3) is 0.333. The molecule has 0 bridgehead atoms. The predicted octanol–water partition coefficient (Wildman–Crippen LogP) is 2.53. The summed E-state index contributed by atoms with van der Waals surface area (Å²) in [5.41, 5.74) is 0.344. The summed E-state index contributed by atoms with van der Waals surface area (Å²) in [6.07, 6.45) is -3.67. The van der Waals surface area contributed by atoms with Gasteiger partial charge < -0.3 is 19.7 Å². The van der Waals surface area contributed by atoms with Crippen LogP contribution in [-0.2, 0) is 4.79 Å². The van der Waals surface area contributed by atoms with E-state index in [-0.39, 0.29) is 23.2 Å². The fourth-order valence-electron chi connectivity index (χ4n) is 1.48. The molecule has 0 unspecified atom stereocenters. The van der Waals surface area contributed by atoms with Gasteiger partial charge in [-0.3, -0.25) is 4.79 Å². The molecule has 1 aliphatic rings. The Morgan fingerprint density at radius 3 is 2.71 bits per heavy atom. The first kappa shape index (κ1) is 15.8. The molecule has 0 saturated heterocycles. The fourth-order valence-corrected chi connectivity index (χ4v) is 2.24. The lowest BCUT2D eigenvalue weighted by molar-refractivity contribution is -0.286. The normalized spacial score (nSPS) is 14.7. The van der Waals surface area contributed by atoms with Crippen molar-refractivity contribution in [3.05, 3.63) is 18.2 Å². The highest BCUT2D eigenvalue weighted by Crippen LogP contribution is 2.42. The molecule has 21 heavy (non-hydrogen) atoms. The topological polar surface area (TPSA) is 50.8 Å². The van der Waals surface area contributed by atoms with Crippen molar-refractivity contribution in [3.8, 4) is 11.5 Å². The summed E-state index contributed by atoms with van der Waals surface area (Å²) in [6.45, 7) is 0. The van der Waals surface area contributed by atoms with Gasteiger partial charge in [-0.1, -0.05) is 24.0 Å². The Balaban J connectivity index is 1.93. The van der Waals surface area contributed by atoms with E-state index in [0.717, 1.165) is 0 Å². The van der Waals surface area contributed by atoms with Crippen LogP contribution in [0.15, 0.2) is 18.2 Å². The summed E-state index contributed by atoms with van der Waals surface area (Å²) < 4.78 is 34.9. The minimum atomic E-state index is -3.67. The number of carbonyl (C=O) groups is 1. The van der Waals surface area contributed by atoms with Gasteiger partial charge in [-0.15, -0.1) is 8.78 Å². The summed E-state index contributed by atoms with van der Waals surface area (Å²) in [6, 6.07) is 4.04. The molecule has 0 atom stereocenters. The van der Waals surface area contributed by atoms with Crippen LogP contribution in [0.3, 0.4) is 0 Å². The minimum Gasteiger partial charge on any atom is -0.395 e. The average Bonchev–Trinajstić information content (AvgIpc) is 2.68. The Morgan fingerprint density at radius 2 is 2.05 bits per heavy atom. The van der Waals surface area contributed by atoms with E-state index in [1.54, 1.807) is 19.0 Å². The monoisotopic (exact) mass is 334 g/mol. The molecule has 114 valence electrons. The second-order valence-corrected chi connectivity index (χ2v) is 5.94. The van der Waals surface area contributed by atoms with Crippen LogP contribution in [0, 0.1) is 0 Å². The number of hydrogen-bond donors (Lipinski definition) is 1. The number of thioether (sulfide) groups is 1. The highest BCUT2D eigenvalue weighted by Gasteiger charge is 2.43. The third-order valence-corrected chi connectivity index (χ3v) is 4.11. The van der Waals surface area contributed by atoms with Crippen molar-refractivity contribution in [2.24, 2.45) is 0 Å². The molecule has 5 nitrogen and oxygen atoms in total. The number of benzene rings is 1. The maximum Gasteiger partial charge on any atom is 0.586 e. The standard InChI is InChI=1S/C12H12F2N2O3S2/c1-16(2)11(20)21-6-10(17)15-7-3-4-8-9(5-7)19-12(13,14)18-8/h3-5H,6H2,1-2H3,(H,15,17). The van der Waals surface area contributed by atoms with E-state index in [9.17, 15) is 13.6 Å². The molecular weight excluding hydrogens is 322 g/mol. The molecule has 0 aliphatic carbocycles. The number of amides is 1. The first-order chi connectivity index (χ1) is 9.77. The Bertz CT molecular complexity index is 582. The lowest BCUT2D eigenvalue weighted by Crippen LogP contribution is -2.25. The number of rotatable bonds is 3. The van der Waals surface area contributed by atoms with Crippen molar-refractivity contribution < 1.29 is 23.0 Å². The smallest absolute Gasteiger partial charge is 0.395 e. The molecular formula is C12H12F2N2O3S2. The van der Waals surface area contributed by atoms with Crippen LogP contribution in [0.5, 0.6) is 11.5 Å². The highest BCUT2D eigenvalue weighted by molar-refractivity contribution is 8.23. The van der Waals surface area contributed by atoms with Gasteiger partial charge in [0.15, 0.2) is 11.5 Å². The SMILES string of the molecule is CN(C)C(=S)SCC(=O)Nc1ccc2c(c1)OC(F)(F)O2. The Morgan fingerprint density at radius 1 is 1.38 bits per heavy atom.